The molecule has 1 fully saturated rings. The van der Waals surface area contributed by atoms with Crippen LogP contribution in [0.4, 0.5) is 5.82 Å². The number of fused-ring (bicyclic) bond motifs is 1. The maximum Gasteiger partial charge on any atom is 0.529 e. The molecule has 0 amide bonds. The van der Waals surface area contributed by atoms with E-state index >= 15 is 0 Å². The lowest BCUT2D eigenvalue weighted by Crippen LogP contribution is -2.33. The predicted molar refractivity (Wildman–Crippen MR) is 166 cm³/mol. The minimum atomic E-state index is -4.74. The molecule has 5 atom stereocenters. The number of carbonyl (C=O) groups is 1. The summed E-state index contributed by atoms with van der Waals surface area (Å²) in [6.07, 6.45) is 18.2. The third kappa shape index (κ3) is 12.0. The number of nitrogens with two attached hydrogens (primary N) is 1. The number of imidazole rings is 1. The predicted octanol–water partition coefficient (Wildman–Crippen LogP) is 5.73. The maximum atomic E-state index is 12.3. The van der Waals surface area contributed by atoms with Gasteiger partial charge in [0, 0.05) is 6.42 Å². The summed E-state index contributed by atoms with van der Waals surface area (Å²) in [5.41, 5.74) is 6.36. The highest BCUT2D eigenvalue weighted by Gasteiger charge is 2.45. The van der Waals surface area contributed by atoms with Crippen molar-refractivity contribution in [3.8, 4) is 0 Å². The average molecular weight is 642 g/mol. The molecule has 2 aromatic rings. The highest BCUT2D eigenvalue weighted by molar-refractivity contribution is 7.48. The first-order chi connectivity index (χ1) is 21.2. The van der Waals surface area contributed by atoms with E-state index in [1.807, 2.05) is 0 Å². The molecular formula is C30H52N5O8P. The molecule has 0 spiro atoms. The van der Waals surface area contributed by atoms with Crippen LogP contribution in [0.3, 0.4) is 0 Å². The van der Waals surface area contributed by atoms with Gasteiger partial charge in [0.2, 0.25) is 0 Å². The van der Waals surface area contributed by atoms with Crippen molar-refractivity contribution in [2.75, 3.05) is 12.3 Å². The van der Waals surface area contributed by atoms with Gasteiger partial charge in [-0.1, -0.05) is 110 Å². The van der Waals surface area contributed by atoms with Crippen LogP contribution in [0.5, 0.6) is 0 Å². The summed E-state index contributed by atoms with van der Waals surface area (Å²) in [6, 6.07) is 0. The second kappa shape index (κ2) is 19.4. The molecule has 1 aliphatic rings. The summed E-state index contributed by atoms with van der Waals surface area (Å²) in [6.45, 7) is 1.65. The van der Waals surface area contributed by atoms with Crippen molar-refractivity contribution in [2.24, 2.45) is 0 Å². The first kappa shape index (κ1) is 36.3. The molecule has 3 rings (SSSR count). The summed E-state index contributed by atoms with van der Waals surface area (Å²) in [7, 11) is -4.74. The van der Waals surface area contributed by atoms with E-state index in [-0.39, 0.29) is 17.9 Å². The van der Waals surface area contributed by atoms with Crippen LogP contribution in [0.1, 0.15) is 129 Å². The van der Waals surface area contributed by atoms with Crippen LogP contribution in [0.2, 0.25) is 0 Å². The van der Waals surface area contributed by atoms with E-state index in [1.165, 1.54) is 101 Å². The number of hydrogen-bond acceptors (Lipinski definition) is 11. The van der Waals surface area contributed by atoms with Crippen molar-refractivity contribution in [1.29, 1.82) is 0 Å². The number of anilines is 1. The monoisotopic (exact) mass is 641 g/mol. The normalized spacial score (nSPS) is 21.5. The van der Waals surface area contributed by atoms with Crippen LogP contribution in [0, 0.1) is 0 Å². The fourth-order valence-electron chi connectivity index (χ4n) is 5.52. The molecule has 0 bridgehead atoms. The smallest absolute Gasteiger partial charge is 0.387 e. The van der Waals surface area contributed by atoms with Crippen LogP contribution in [0.15, 0.2) is 12.7 Å². The molecular weight excluding hydrogens is 589 g/mol. The highest BCUT2D eigenvalue weighted by Crippen LogP contribution is 2.45. The molecule has 2 aromatic heterocycles. The summed E-state index contributed by atoms with van der Waals surface area (Å²) in [5.74, 6) is -0.690. The number of unbranched alkanes of at least 4 members (excludes halogenated alkanes) is 16. The molecule has 5 N–H and O–H groups in total. The molecule has 13 nitrogen and oxygen atoms in total. The molecule has 0 aromatic carbocycles. The molecule has 3 heterocycles. The number of phosphoric ester groups is 1. The fraction of sp³-hybridized carbons (Fsp3) is 0.800. The number of nitrogens with zero attached hydrogens (tertiary/aromatic N) is 4. The summed E-state index contributed by atoms with van der Waals surface area (Å²) in [4.78, 5) is 34.2. The van der Waals surface area contributed by atoms with Crippen LogP contribution >= 0.6 is 7.82 Å². The van der Waals surface area contributed by atoms with Crippen molar-refractivity contribution in [3.05, 3.63) is 12.7 Å². The van der Waals surface area contributed by atoms with E-state index in [0.29, 0.717) is 11.9 Å². The van der Waals surface area contributed by atoms with Crippen molar-refractivity contribution >= 4 is 30.8 Å². The molecule has 14 heteroatoms. The largest absolute Gasteiger partial charge is 0.529 e. The van der Waals surface area contributed by atoms with Crippen LogP contribution in [-0.4, -0.2) is 65.5 Å². The molecule has 0 aliphatic carbocycles. The summed E-state index contributed by atoms with van der Waals surface area (Å²) < 4.78 is 28.9. The molecule has 0 saturated carbocycles. The van der Waals surface area contributed by atoms with Crippen LogP contribution in [0.25, 0.3) is 11.2 Å². The Morgan fingerprint density at radius 2 is 1.43 bits per heavy atom. The number of hydrogen-bond donors (Lipinski definition) is 4. The summed E-state index contributed by atoms with van der Waals surface area (Å²) in [5, 5.41) is 20.9. The van der Waals surface area contributed by atoms with Crippen molar-refractivity contribution < 1.29 is 38.3 Å². The van der Waals surface area contributed by atoms with Gasteiger partial charge in [0.15, 0.2) is 17.7 Å². The van der Waals surface area contributed by atoms with Gasteiger partial charge in [-0.25, -0.2) is 19.5 Å². The third-order valence-corrected chi connectivity index (χ3v) is 9.01. The Morgan fingerprint density at radius 1 is 0.886 bits per heavy atom. The van der Waals surface area contributed by atoms with E-state index in [2.05, 4.69) is 26.4 Å². The quantitative estimate of drug-likeness (QED) is 0.0852. The number of aliphatic hydroxyl groups excluding tert-OH is 2. The average Bonchev–Trinajstić information content (AvgIpc) is 3.54. The topological polar surface area (TPSA) is 192 Å². The van der Waals surface area contributed by atoms with E-state index in [0.717, 1.165) is 19.3 Å². The zero-order valence-electron chi connectivity index (χ0n) is 26.1. The zero-order chi connectivity index (χ0) is 31.8. The lowest BCUT2D eigenvalue weighted by Gasteiger charge is -2.17. The van der Waals surface area contributed by atoms with Gasteiger partial charge in [-0.05, 0) is 6.42 Å². The lowest BCUT2D eigenvalue weighted by molar-refractivity contribution is -0.136. The first-order valence-corrected chi connectivity index (χ1v) is 17.9. The van der Waals surface area contributed by atoms with Crippen LogP contribution in [-0.2, 0) is 23.1 Å². The van der Waals surface area contributed by atoms with Gasteiger partial charge in [0.1, 0.15) is 30.2 Å². The van der Waals surface area contributed by atoms with Gasteiger partial charge in [-0.15, -0.1) is 0 Å². The van der Waals surface area contributed by atoms with E-state index < -0.39 is 44.9 Å². The lowest BCUT2D eigenvalue weighted by atomic mass is 10.0. The van der Waals surface area contributed by atoms with Crippen molar-refractivity contribution in [1.82, 2.24) is 19.5 Å². The van der Waals surface area contributed by atoms with E-state index in [9.17, 15) is 24.5 Å². The molecule has 44 heavy (non-hydrogen) atoms. The summed E-state index contributed by atoms with van der Waals surface area (Å²) >= 11 is 0. The van der Waals surface area contributed by atoms with Gasteiger partial charge < -0.3 is 25.2 Å². The second-order valence-electron chi connectivity index (χ2n) is 11.8. The number of carbonyl (C=O) groups excluding carboxylic acids is 1. The minimum absolute atomic E-state index is 0.00848. The van der Waals surface area contributed by atoms with Gasteiger partial charge >= 0.3 is 13.8 Å². The van der Waals surface area contributed by atoms with Crippen molar-refractivity contribution in [2.45, 2.75) is 147 Å². The molecule has 1 aliphatic heterocycles. The van der Waals surface area contributed by atoms with E-state index in [4.69, 9.17) is 15.0 Å². The van der Waals surface area contributed by atoms with E-state index in [1.54, 1.807) is 0 Å². The third-order valence-electron chi connectivity index (χ3n) is 8.10. The SMILES string of the molecule is CCCCCCCCCCCCCCCCCCCC(=O)OP(=O)(O)OC[C@H]1O[C@@H](n2cnc3c(N)ncnc32)[C@H](O)[C@@H]1O. The standard InChI is InChI=1S/C30H52N5O8P/c1-2-3-4-5-6-7-8-9-10-11-12-13-14-15-16-17-18-19-24(36)43-44(39,40)41-20-23-26(37)27(38)30(42-23)35-22-34-25-28(31)32-21-33-29(25)35/h21-23,26-27,30,37-38H,2-20H2,1H3,(H,39,40)(H2,31,32,33)/t23-,26-,27-,30-/m1/s1. The molecule has 0 radical (unpaired) electrons. The Bertz CT molecular complexity index is 1170. The van der Waals surface area contributed by atoms with Gasteiger partial charge in [0.25, 0.3) is 0 Å². The zero-order valence-corrected chi connectivity index (χ0v) is 27.0. The van der Waals surface area contributed by atoms with Gasteiger partial charge in [-0.2, -0.15) is 0 Å². The first-order valence-electron chi connectivity index (χ1n) is 16.4. The highest BCUT2D eigenvalue weighted by atomic mass is 31.2. The second-order valence-corrected chi connectivity index (χ2v) is 13.1. The molecule has 1 saturated heterocycles. The van der Waals surface area contributed by atoms with Crippen molar-refractivity contribution in [3.63, 3.8) is 0 Å². The van der Waals surface area contributed by atoms with Crippen LogP contribution < -0.4 is 5.73 Å². The minimum Gasteiger partial charge on any atom is -0.387 e. The maximum absolute atomic E-state index is 12.3. The Hall–Kier alpha value is -2.15. The number of rotatable bonds is 23. The molecule has 250 valence electrons. The fourth-order valence-corrected chi connectivity index (χ4v) is 6.25. The number of ether oxygens (including phenoxy) is 1. The number of phosphoric acid groups is 1. The number of nitrogen functional groups attached to an aromatic ring is 1. The number of aliphatic hydroxyl groups is 2. The Kier molecular flexibility index (Phi) is 16.0. The Balaban J connectivity index is 1.21. The Morgan fingerprint density at radius 3 is 2.00 bits per heavy atom. The number of aromatic nitrogens is 4. The van der Waals surface area contributed by atoms with Gasteiger partial charge in [0.05, 0.1) is 12.9 Å². The van der Waals surface area contributed by atoms with Gasteiger partial charge in [-0.3, -0.25) is 18.8 Å². The Labute approximate surface area is 260 Å². The molecule has 1 unspecified atom stereocenters.